The van der Waals surface area contributed by atoms with E-state index in [1.54, 1.807) is 13.1 Å². The van der Waals surface area contributed by atoms with Crippen LogP contribution in [0.15, 0.2) is 54.0 Å². The van der Waals surface area contributed by atoms with Gasteiger partial charge in [-0.1, -0.05) is 31.2 Å². The Labute approximate surface area is 152 Å². The lowest BCUT2D eigenvalue weighted by molar-refractivity contribution is -0.137. The number of benzene rings is 1. The molecule has 1 heterocycles. The molecule has 1 unspecified atom stereocenters. The maximum atomic E-state index is 13.2. The van der Waals surface area contributed by atoms with Crippen LogP contribution < -0.4 is 5.32 Å². The number of anilines is 1. The van der Waals surface area contributed by atoms with E-state index in [2.05, 4.69) is 30.1 Å². The van der Waals surface area contributed by atoms with Crippen LogP contribution in [-0.4, -0.2) is 12.8 Å². The Hall–Kier alpha value is -1.62. The van der Waals surface area contributed by atoms with Gasteiger partial charge in [0.15, 0.2) is 0 Å². The first kappa shape index (κ1) is 19.7. The van der Waals surface area contributed by atoms with Gasteiger partial charge >= 0.3 is 6.18 Å². The van der Waals surface area contributed by atoms with Crippen LogP contribution >= 0.6 is 11.8 Å². The lowest BCUT2D eigenvalue weighted by Crippen LogP contribution is -2.23. The first-order valence-electron chi connectivity index (χ1n) is 8.30. The van der Waals surface area contributed by atoms with Crippen LogP contribution in [0.25, 0.3) is 0 Å². The molecule has 0 aromatic heterocycles. The van der Waals surface area contributed by atoms with E-state index in [0.29, 0.717) is 18.4 Å². The molecule has 0 amide bonds. The maximum Gasteiger partial charge on any atom is 0.416 e. The Morgan fingerprint density at radius 1 is 1.28 bits per heavy atom. The summed E-state index contributed by atoms with van der Waals surface area (Å²) >= 11 is 1.81. The molecule has 1 aliphatic rings. The lowest BCUT2D eigenvalue weighted by Gasteiger charge is -2.31. The van der Waals surface area contributed by atoms with Gasteiger partial charge in [0.2, 0.25) is 0 Å². The molecule has 5 heteroatoms. The van der Waals surface area contributed by atoms with Crippen molar-refractivity contribution in [2.24, 2.45) is 0 Å². The molecule has 1 aromatic rings. The summed E-state index contributed by atoms with van der Waals surface area (Å²) in [6.45, 7) is 5.79. The van der Waals surface area contributed by atoms with Gasteiger partial charge in [-0.25, -0.2) is 0 Å². The highest BCUT2D eigenvalue weighted by Gasteiger charge is 2.34. The van der Waals surface area contributed by atoms with Gasteiger partial charge in [0.25, 0.3) is 0 Å². The number of allylic oxidation sites excluding steroid dienone is 4. The lowest BCUT2D eigenvalue weighted by atomic mass is 9.75. The number of alkyl halides is 3. The minimum Gasteiger partial charge on any atom is -0.388 e. The van der Waals surface area contributed by atoms with Crippen LogP contribution in [0.3, 0.4) is 0 Å². The predicted octanol–water partition coefficient (Wildman–Crippen LogP) is 6.55. The molecule has 0 fully saturated rings. The largest absolute Gasteiger partial charge is 0.416 e. The van der Waals surface area contributed by atoms with E-state index in [0.717, 1.165) is 23.9 Å². The minimum absolute atomic E-state index is 0.457. The smallest absolute Gasteiger partial charge is 0.388 e. The fraction of sp³-hybridized carbons (Fsp3) is 0.400. The standard InChI is InChI=1S/C20H24F3NS/c1-4-11-19(2,12-5-7-16-8-6-13-25-16)17-14-15(20(21,22)23)9-10-18(17)24-3/h4-5,7-10,14,24H,1,6,11-13H2,2-3H3/b7-5+. The number of hydrogen-bond donors (Lipinski definition) is 1. The molecule has 1 nitrogen and oxygen atoms in total. The first-order valence-corrected chi connectivity index (χ1v) is 9.28. The second-order valence-electron chi connectivity index (χ2n) is 6.41. The topological polar surface area (TPSA) is 12.0 Å². The summed E-state index contributed by atoms with van der Waals surface area (Å²) in [7, 11) is 1.73. The molecule has 1 aliphatic heterocycles. The average molecular weight is 367 g/mol. The molecule has 0 saturated heterocycles. The molecule has 0 saturated carbocycles. The normalized spacial score (nSPS) is 17.4. The Morgan fingerprint density at radius 2 is 2.04 bits per heavy atom. The minimum atomic E-state index is -4.35. The molecule has 0 spiro atoms. The summed E-state index contributed by atoms with van der Waals surface area (Å²) in [5.41, 5.74) is 0.319. The van der Waals surface area contributed by atoms with Crippen molar-refractivity contribution in [1.82, 2.24) is 0 Å². The van der Waals surface area contributed by atoms with Gasteiger partial charge in [-0.15, -0.1) is 18.3 Å². The Balaban J connectivity index is 2.37. The molecule has 1 N–H and O–H groups in total. The number of hydrogen-bond acceptors (Lipinski definition) is 2. The summed E-state index contributed by atoms with van der Waals surface area (Å²) in [5.74, 6) is 1.10. The van der Waals surface area contributed by atoms with Crippen LogP contribution in [0.5, 0.6) is 0 Å². The van der Waals surface area contributed by atoms with Gasteiger partial charge in [0.1, 0.15) is 0 Å². The summed E-state index contributed by atoms with van der Waals surface area (Å²) in [6, 6.07) is 3.91. The number of thioether (sulfide) groups is 1. The third-order valence-electron chi connectivity index (χ3n) is 4.44. The second kappa shape index (κ2) is 8.17. The zero-order valence-electron chi connectivity index (χ0n) is 14.6. The quantitative estimate of drug-likeness (QED) is 0.549. The first-order chi connectivity index (χ1) is 11.8. The van der Waals surface area contributed by atoms with E-state index in [-0.39, 0.29) is 0 Å². The van der Waals surface area contributed by atoms with Crippen molar-refractivity contribution in [1.29, 1.82) is 0 Å². The van der Waals surface area contributed by atoms with Crippen molar-refractivity contribution in [3.8, 4) is 0 Å². The third kappa shape index (κ3) is 4.94. The van der Waals surface area contributed by atoms with E-state index in [9.17, 15) is 13.2 Å². The van der Waals surface area contributed by atoms with Crippen molar-refractivity contribution >= 4 is 17.4 Å². The van der Waals surface area contributed by atoms with E-state index >= 15 is 0 Å². The fourth-order valence-electron chi connectivity index (χ4n) is 3.05. The maximum absolute atomic E-state index is 13.2. The van der Waals surface area contributed by atoms with Crippen LogP contribution in [0.1, 0.15) is 37.3 Å². The van der Waals surface area contributed by atoms with Gasteiger partial charge in [0.05, 0.1) is 5.56 Å². The van der Waals surface area contributed by atoms with Crippen molar-refractivity contribution < 1.29 is 13.2 Å². The second-order valence-corrected chi connectivity index (χ2v) is 7.58. The molecule has 0 aliphatic carbocycles. The number of rotatable bonds is 7. The van der Waals surface area contributed by atoms with Crippen molar-refractivity contribution in [3.05, 3.63) is 65.1 Å². The van der Waals surface area contributed by atoms with Gasteiger partial charge in [-0.3, -0.25) is 0 Å². The van der Waals surface area contributed by atoms with Gasteiger partial charge in [-0.2, -0.15) is 13.2 Å². The average Bonchev–Trinajstić information content (AvgIpc) is 3.07. The van der Waals surface area contributed by atoms with E-state index in [1.807, 2.05) is 18.7 Å². The Morgan fingerprint density at radius 3 is 2.60 bits per heavy atom. The molecule has 25 heavy (non-hydrogen) atoms. The third-order valence-corrected chi connectivity index (χ3v) is 5.52. The molecule has 2 rings (SSSR count). The van der Waals surface area contributed by atoms with E-state index < -0.39 is 17.2 Å². The summed E-state index contributed by atoms with van der Waals surface area (Å²) in [4.78, 5) is 1.24. The fourth-order valence-corrected chi connectivity index (χ4v) is 3.95. The van der Waals surface area contributed by atoms with Crippen LogP contribution in [0, 0.1) is 0 Å². The molecule has 0 radical (unpaired) electrons. The summed E-state index contributed by atoms with van der Waals surface area (Å²) in [6.07, 6.45) is 6.07. The van der Waals surface area contributed by atoms with Crippen LogP contribution in [0.2, 0.25) is 0 Å². The molecule has 0 bridgehead atoms. The molecule has 1 aromatic carbocycles. The highest BCUT2D eigenvalue weighted by molar-refractivity contribution is 8.03. The van der Waals surface area contributed by atoms with Crippen molar-refractivity contribution in [2.45, 2.75) is 37.8 Å². The van der Waals surface area contributed by atoms with Gasteiger partial charge < -0.3 is 5.32 Å². The van der Waals surface area contributed by atoms with Crippen LogP contribution in [0.4, 0.5) is 18.9 Å². The van der Waals surface area contributed by atoms with Crippen LogP contribution in [-0.2, 0) is 11.6 Å². The number of halogens is 3. The predicted molar refractivity (Wildman–Crippen MR) is 102 cm³/mol. The summed E-state index contributed by atoms with van der Waals surface area (Å²) < 4.78 is 39.5. The monoisotopic (exact) mass is 367 g/mol. The molecule has 1 atom stereocenters. The van der Waals surface area contributed by atoms with Crippen molar-refractivity contribution in [3.63, 3.8) is 0 Å². The zero-order valence-corrected chi connectivity index (χ0v) is 15.4. The highest BCUT2D eigenvalue weighted by Crippen LogP contribution is 2.41. The van der Waals surface area contributed by atoms with E-state index in [1.165, 1.54) is 17.0 Å². The Kier molecular flexibility index (Phi) is 6.44. The highest BCUT2D eigenvalue weighted by atomic mass is 32.2. The zero-order chi connectivity index (χ0) is 18.5. The van der Waals surface area contributed by atoms with Crippen molar-refractivity contribution in [2.75, 3.05) is 18.1 Å². The van der Waals surface area contributed by atoms with E-state index in [4.69, 9.17) is 0 Å². The SMILES string of the molecule is C=CCC(C)(C/C=C/C1=CCCS1)c1cc(C(F)(F)F)ccc1NC. The number of nitrogens with one attached hydrogen (secondary N) is 1. The summed E-state index contributed by atoms with van der Waals surface area (Å²) in [5, 5.41) is 3.03. The molecule has 136 valence electrons. The van der Waals surface area contributed by atoms with Gasteiger partial charge in [-0.05, 0) is 43.0 Å². The van der Waals surface area contributed by atoms with Gasteiger partial charge in [0, 0.05) is 28.8 Å². The molecular formula is C20H24F3NS. The molecular weight excluding hydrogens is 343 g/mol. The Bertz CT molecular complexity index is 676.